The van der Waals surface area contributed by atoms with Crippen molar-refractivity contribution in [2.45, 2.75) is 25.7 Å². The Hall–Kier alpha value is -2.93. The van der Waals surface area contributed by atoms with Crippen LogP contribution in [-0.4, -0.2) is 12.1 Å². The number of pyridine rings is 1. The van der Waals surface area contributed by atoms with Crippen molar-refractivity contribution in [2.75, 3.05) is 7.11 Å². The van der Waals surface area contributed by atoms with Crippen molar-refractivity contribution in [2.24, 2.45) is 0 Å². The van der Waals surface area contributed by atoms with Crippen LogP contribution in [0.3, 0.4) is 0 Å². The van der Waals surface area contributed by atoms with E-state index in [0.29, 0.717) is 23.6 Å². The van der Waals surface area contributed by atoms with Gasteiger partial charge in [-0.2, -0.15) is 13.2 Å². The summed E-state index contributed by atoms with van der Waals surface area (Å²) in [5.41, 5.74) is 2.09. The summed E-state index contributed by atoms with van der Waals surface area (Å²) in [5, 5.41) is 3.29. The first-order valence-corrected chi connectivity index (χ1v) is 8.97. The van der Waals surface area contributed by atoms with Crippen LogP contribution in [0.1, 0.15) is 29.7 Å². The molecule has 0 bridgehead atoms. The first-order chi connectivity index (χ1) is 13.8. The number of ether oxygens (including phenoxy) is 1. The molecular formula is C22H20F4N2O. The van der Waals surface area contributed by atoms with Crippen molar-refractivity contribution >= 4 is 0 Å². The second-order valence-corrected chi connectivity index (χ2v) is 6.63. The molecule has 0 spiro atoms. The predicted octanol–water partition coefficient (Wildman–Crippen LogP) is 5.77. The quantitative estimate of drug-likeness (QED) is 0.530. The first kappa shape index (κ1) is 20.8. The summed E-state index contributed by atoms with van der Waals surface area (Å²) in [6.45, 7) is 2.37. The fourth-order valence-corrected chi connectivity index (χ4v) is 2.97. The third-order valence-electron chi connectivity index (χ3n) is 4.59. The average Bonchev–Trinajstić information content (AvgIpc) is 2.71. The topological polar surface area (TPSA) is 34.1 Å². The molecule has 1 aromatic heterocycles. The smallest absolute Gasteiger partial charge is 0.416 e. The van der Waals surface area contributed by atoms with Crippen LogP contribution in [0.25, 0.3) is 11.1 Å². The molecule has 1 atom stereocenters. The minimum Gasteiger partial charge on any atom is -0.481 e. The molecule has 0 radical (unpaired) electrons. The van der Waals surface area contributed by atoms with Crippen LogP contribution in [0.4, 0.5) is 17.6 Å². The standard InChI is InChI=1S/C22H20F4N2O/c1-14(17-4-3-5-19(23)11-17)27-12-15-10-20(21(29-2)28-13-15)16-6-8-18(9-7-16)22(24,25)26/h3-11,13-14,27H,12H2,1-2H3. The lowest BCUT2D eigenvalue weighted by Crippen LogP contribution is -2.18. The summed E-state index contributed by atoms with van der Waals surface area (Å²) in [6.07, 6.45) is -2.75. The van der Waals surface area contributed by atoms with E-state index in [1.54, 1.807) is 12.3 Å². The van der Waals surface area contributed by atoms with Gasteiger partial charge in [-0.05, 0) is 53.9 Å². The number of alkyl halides is 3. The van der Waals surface area contributed by atoms with Gasteiger partial charge in [0.2, 0.25) is 5.88 Å². The highest BCUT2D eigenvalue weighted by atomic mass is 19.4. The monoisotopic (exact) mass is 404 g/mol. The second kappa shape index (κ2) is 8.61. The van der Waals surface area contributed by atoms with Crippen LogP contribution < -0.4 is 10.1 Å². The van der Waals surface area contributed by atoms with E-state index < -0.39 is 11.7 Å². The molecule has 0 aliphatic carbocycles. The number of hydrogen-bond acceptors (Lipinski definition) is 3. The lowest BCUT2D eigenvalue weighted by molar-refractivity contribution is -0.137. The van der Waals surface area contributed by atoms with Crippen molar-refractivity contribution < 1.29 is 22.3 Å². The third-order valence-corrected chi connectivity index (χ3v) is 4.59. The molecule has 0 saturated heterocycles. The lowest BCUT2D eigenvalue weighted by Gasteiger charge is -2.16. The number of nitrogens with one attached hydrogen (secondary N) is 1. The van der Waals surface area contributed by atoms with Gasteiger partial charge in [-0.1, -0.05) is 24.3 Å². The summed E-state index contributed by atoms with van der Waals surface area (Å²) in [4.78, 5) is 4.27. The Kier molecular flexibility index (Phi) is 6.17. The number of nitrogens with zero attached hydrogens (tertiary/aromatic N) is 1. The van der Waals surface area contributed by atoms with Gasteiger partial charge in [-0.3, -0.25) is 0 Å². The Labute approximate surface area is 166 Å². The van der Waals surface area contributed by atoms with Gasteiger partial charge in [-0.25, -0.2) is 9.37 Å². The molecule has 3 aromatic rings. The molecular weight excluding hydrogens is 384 g/mol. The molecule has 0 aliphatic rings. The van der Waals surface area contributed by atoms with Gasteiger partial charge in [-0.15, -0.1) is 0 Å². The van der Waals surface area contributed by atoms with Gasteiger partial charge < -0.3 is 10.1 Å². The van der Waals surface area contributed by atoms with E-state index in [1.165, 1.54) is 31.4 Å². The van der Waals surface area contributed by atoms with E-state index in [-0.39, 0.29) is 11.9 Å². The minimum atomic E-state index is -4.39. The first-order valence-electron chi connectivity index (χ1n) is 8.97. The maximum Gasteiger partial charge on any atom is 0.416 e. The minimum absolute atomic E-state index is 0.0951. The van der Waals surface area contributed by atoms with E-state index in [2.05, 4.69) is 10.3 Å². The Balaban J connectivity index is 1.80. The van der Waals surface area contributed by atoms with Crippen molar-refractivity contribution in [1.29, 1.82) is 0 Å². The van der Waals surface area contributed by atoms with Gasteiger partial charge >= 0.3 is 6.18 Å². The van der Waals surface area contributed by atoms with Crippen molar-refractivity contribution in [3.8, 4) is 17.0 Å². The van der Waals surface area contributed by atoms with Crippen LogP contribution in [0.5, 0.6) is 5.88 Å². The Morgan fingerprint density at radius 3 is 2.41 bits per heavy atom. The highest BCUT2D eigenvalue weighted by molar-refractivity contribution is 5.69. The fourth-order valence-electron chi connectivity index (χ4n) is 2.97. The molecule has 0 amide bonds. The maximum absolute atomic E-state index is 13.4. The van der Waals surface area contributed by atoms with Crippen molar-refractivity contribution in [3.63, 3.8) is 0 Å². The van der Waals surface area contributed by atoms with E-state index in [1.807, 2.05) is 19.1 Å². The molecule has 1 heterocycles. The fraction of sp³-hybridized carbons (Fsp3) is 0.227. The second-order valence-electron chi connectivity index (χ2n) is 6.63. The molecule has 1 N–H and O–H groups in total. The molecule has 3 nitrogen and oxygen atoms in total. The zero-order chi connectivity index (χ0) is 21.0. The van der Waals surface area contributed by atoms with Gasteiger partial charge in [0, 0.05) is 24.3 Å². The third kappa shape index (κ3) is 5.12. The van der Waals surface area contributed by atoms with Crippen LogP contribution >= 0.6 is 0 Å². The van der Waals surface area contributed by atoms with Gasteiger partial charge in [0.15, 0.2) is 0 Å². The number of rotatable bonds is 6. The largest absolute Gasteiger partial charge is 0.481 e. The van der Waals surface area contributed by atoms with E-state index >= 15 is 0 Å². The van der Waals surface area contributed by atoms with Crippen molar-refractivity contribution in [3.05, 3.63) is 83.3 Å². The summed E-state index contributed by atoms with van der Waals surface area (Å²) < 4.78 is 57.1. The van der Waals surface area contributed by atoms with E-state index in [0.717, 1.165) is 23.3 Å². The van der Waals surface area contributed by atoms with Gasteiger partial charge in [0.1, 0.15) is 5.82 Å². The summed E-state index contributed by atoms with van der Waals surface area (Å²) in [5.74, 6) is 0.0264. The molecule has 2 aromatic carbocycles. The number of aromatic nitrogens is 1. The normalized spacial score (nSPS) is 12.6. The molecule has 0 fully saturated rings. The van der Waals surface area contributed by atoms with Crippen LogP contribution in [0, 0.1) is 5.82 Å². The number of hydrogen-bond donors (Lipinski definition) is 1. The molecule has 1 unspecified atom stereocenters. The number of halogens is 4. The van der Waals surface area contributed by atoms with Crippen molar-refractivity contribution in [1.82, 2.24) is 10.3 Å². The maximum atomic E-state index is 13.4. The summed E-state index contributed by atoms with van der Waals surface area (Å²) in [7, 11) is 1.46. The number of benzene rings is 2. The molecule has 0 saturated carbocycles. The van der Waals surface area contributed by atoms with Crippen LogP contribution in [0.15, 0.2) is 60.8 Å². The zero-order valence-corrected chi connectivity index (χ0v) is 15.9. The highest BCUT2D eigenvalue weighted by Gasteiger charge is 2.30. The van der Waals surface area contributed by atoms with Gasteiger partial charge in [0.05, 0.1) is 12.7 Å². The van der Waals surface area contributed by atoms with E-state index in [4.69, 9.17) is 4.74 Å². The SMILES string of the molecule is COc1ncc(CNC(C)c2cccc(F)c2)cc1-c1ccc(C(F)(F)F)cc1. The van der Waals surface area contributed by atoms with Crippen LogP contribution in [-0.2, 0) is 12.7 Å². The average molecular weight is 404 g/mol. The Bertz CT molecular complexity index is 971. The molecule has 152 valence electrons. The molecule has 7 heteroatoms. The molecule has 3 rings (SSSR count). The van der Waals surface area contributed by atoms with Crippen LogP contribution in [0.2, 0.25) is 0 Å². The summed E-state index contributed by atoms with van der Waals surface area (Å²) >= 11 is 0. The number of methoxy groups -OCH3 is 1. The molecule has 29 heavy (non-hydrogen) atoms. The lowest BCUT2D eigenvalue weighted by atomic mass is 10.0. The predicted molar refractivity (Wildman–Crippen MR) is 103 cm³/mol. The summed E-state index contributed by atoms with van der Waals surface area (Å²) in [6, 6.07) is 12.9. The van der Waals surface area contributed by atoms with Gasteiger partial charge in [0.25, 0.3) is 0 Å². The molecule has 0 aliphatic heterocycles. The van der Waals surface area contributed by atoms with E-state index in [9.17, 15) is 17.6 Å². The zero-order valence-electron chi connectivity index (χ0n) is 15.9. The highest BCUT2D eigenvalue weighted by Crippen LogP contribution is 2.33. The Morgan fingerprint density at radius 1 is 1.07 bits per heavy atom. The Morgan fingerprint density at radius 2 is 1.79 bits per heavy atom.